The summed E-state index contributed by atoms with van der Waals surface area (Å²) in [7, 11) is -5.27. The predicted molar refractivity (Wildman–Crippen MR) is 415 cm³/mol. The van der Waals surface area contributed by atoms with E-state index >= 15 is 0 Å². The molecule has 115 heavy (non-hydrogen) atoms. The number of carboxylic acid groups (broad SMARTS) is 1. The molecule has 9 rings (SSSR count). The van der Waals surface area contributed by atoms with Gasteiger partial charge < -0.3 is 90.7 Å². The average Bonchev–Trinajstić information content (AvgIpc) is 1.53. The number of nitrogens with two attached hydrogens (primary N) is 6. The first kappa shape index (κ1) is 88.5. The molecule has 0 spiro atoms. The van der Waals surface area contributed by atoms with Gasteiger partial charge in [0.15, 0.2) is 6.23 Å². The second kappa shape index (κ2) is 35.3. The monoisotopic (exact) mass is 1620 g/mol. The molecule has 21 N–H and O–H groups in total. The maximum atomic E-state index is 14.7. The summed E-state index contributed by atoms with van der Waals surface area (Å²) in [5.41, 5.74) is 37.1. The van der Waals surface area contributed by atoms with E-state index in [1.54, 1.807) is 18.4 Å². The Labute approximate surface area is 663 Å². The lowest BCUT2D eigenvalue weighted by Crippen LogP contribution is -2.56. The zero-order chi connectivity index (χ0) is 84.9. The quantitative estimate of drug-likeness (QED) is 0.0334. The van der Waals surface area contributed by atoms with Gasteiger partial charge in [0.25, 0.3) is 0 Å². The van der Waals surface area contributed by atoms with Crippen LogP contribution in [-0.4, -0.2) is 196 Å². The second-order valence-corrected chi connectivity index (χ2v) is 33.7. The van der Waals surface area contributed by atoms with Crippen molar-refractivity contribution in [2.45, 2.75) is 208 Å². The zero-order valence-electron chi connectivity index (χ0n) is 66.5. The first-order chi connectivity index (χ1) is 53.7. The molecule has 626 valence electrons. The number of allylic oxidation sites excluding steroid dienone is 6. The third-order valence-electron chi connectivity index (χ3n) is 23.7. The SMILES string of the molecule is CC1=C2N=C(C=C3N/C(=C(/C)C4=N[C@@](C)([C@@H]5N=C1[C@](C)(CCC(=O)NC[C@@H](C)OP(=O)(O)O[C@H]1[C@@H](O)[C@@H](n6cnc7cc(C)c(C)cc76)O[C@@H]1Cn1cc(CCC(=O)NCC(=O)NCC(=O)NCC(=O)NCC(=O)O)nn1)[C@H]5CC(N)=O)[C@@](C)(CC(N)=O)[C@@H]4CCC(N)=O)[C@@](C)(CC(N)=O)[C@@H]3CCC(N)=O)C(C)(C)[C@@H]2CCC(N)=O. The molecule has 2 aromatic heterocycles. The topological polar surface area (TPSA) is 624 Å². The molecule has 0 saturated carbocycles. The number of aromatic nitrogens is 5. The Morgan fingerprint density at radius 1 is 0.696 bits per heavy atom. The third-order valence-corrected chi connectivity index (χ3v) is 24.9. The summed E-state index contributed by atoms with van der Waals surface area (Å²) >= 11 is 0. The summed E-state index contributed by atoms with van der Waals surface area (Å²) in [6.07, 6.45) is -3.87. The summed E-state index contributed by atoms with van der Waals surface area (Å²) in [5, 5.41) is 44.6. The molecule has 6 aliphatic rings. The van der Waals surface area contributed by atoms with Gasteiger partial charge >= 0.3 is 13.8 Å². The van der Waals surface area contributed by atoms with Crippen molar-refractivity contribution in [3.05, 3.63) is 75.8 Å². The van der Waals surface area contributed by atoms with Gasteiger partial charge in [-0.2, -0.15) is 0 Å². The van der Waals surface area contributed by atoms with Gasteiger partial charge in [-0.05, 0) is 108 Å². The molecule has 6 aliphatic heterocycles. The van der Waals surface area contributed by atoms with Crippen LogP contribution in [0.2, 0.25) is 0 Å². The van der Waals surface area contributed by atoms with Gasteiger partial charge in [0.1, 0.15) is 24.9 Å². The van der Waals surface area contributed by atoms with Gasteiger partial charge in [0, 0.05) is 150 Å². The molecular weight excluding hydrogens is 1520 g/mol. The maximum Gasteiger partial charge on any atom is 0.472 e. The number of phosphoric acid groups is 1. The van der Waals surface area contributed by atoms with E-state index in [-0.39, 0.29) is 95.7 Å². The fourth-order valence-corrected chi connectivity index (χ4v) is 18.5. The standard InChI is InChI=1S/C75H107N20O19P/c1-36-22-47-48(23-37(36)2)95(35-87-47)70-65(109)66(49(112-70)34-94-33-41(92-93-94)12-19-57(102)83-29-59(104)84-30-60(105)85-31-61(106)86-32-62(107)108)114-115(110,111)113-38(3)28-82-58(103)20-21-72(8)45(24-54(79)99)69-75(11)74(10,27-56(81)101)44(15-18-53(78)98)64(91-75)40(5)68-73(9,26-55(80)100)42(13-16-51(76)96)46(88-68)25-50-71(6,7)43(14-17-52(77)97)63(89-50)39(4)67(72)90-69/h22-23,25,33,35,38,42-45,49,65-66,69-70,88,109H,12-21,24,26-32,34H2,1-11H3,(H2,76,96)(H2,77,97)(H2,78,98)(H2,79,99)(H2,80,100)(H2,81,101)(H,82,103)(H,83,102)(H,84,104)(H,85,105)(H,86,106)(H,107,108)(H,110,111)/b46-25?,63-39?,68-40-/t38-,42-,43-,44-,45+,49-,65-,66-,69-,70+,72-,73+,74+,75+/m1/s1. The number of phosphoric ester groups is 1. The lowest BCUT2D eigenvalue weighted by Gasteiger charge is -2.48. The minimum absolute atomic E-state index is 0.00349. The summed E-state index contributed by atoms with van der Waals surface area (Å²) in [4.78, 5) is 187. The van der Waals surface area contributed by atoms with Crippen molar-refractivity contribution in [3.8, 4) is 0 Å². The first-order valence-corrected chi connectivity index (χ1v) is 39.5. The van der Waals surface area contributed by atoms with Gasteiger partial charge in [-0.3, -0.25) is 81.6 Å². The summed E-state index contributed by atoms with van der Waals surface area (Å²) in [6.45, 7) is 17.1. The van der Waals surface area contributed by atoms with E-state index in [9.17, 15) is 72.1 Å². The van der Waals surface area contributed by atoms with E-state index in [2.05, 4.69) is 47.2 Å². The van der Waals surface area contributed by atoms with Crippen LogP contribution in [0.25, 0.3) is 11.0 Å². The molecule has 0 radical (unpaired) electrons. The highest BCUT2D eigenvalue weighted by Gasteiger charge is 2.66. The van der Waals surface area contributed by atoms with Gasteiger partial charge in [-0.1, -0.05) is 39.8 Å². The highest BCUT2D eigenvalue weighted by atomic mass is 31.2. The Bertz CT molecular complexity index is 4660. The first-order valence-electron chi connectivity index (χ1n) is 38.0. The smallest absolute Gasteiger partial charge is 0.472 e. The number of aryl methyl sites for hydroxylation is 3. The molecule has 40 heteroatoms. The zero-order valence-corrected chi connectivity index (χ0v) is 67.4. The number of benzene rings is 1. The number of fused-ring (bicyclic) bond motifs is 7. The van der Waals surface area contributed by atoms with E-state index < -0.39 is 199 Å². The number of nitrogens with one attached hydrogen (secondary N) is 6. The largest absolute Gasteiger partial charge is 0.480 e. The Balaban J connectivity index is 0.979. The fraction of sp³-hybridized carbons (Fsp3) is 0.600. The van der Waals surface area contributed by atoms with Crippen LogP contribution in [0.15, 0.2) is 73.9 Å². The van der Waals surface area contributed by atoms with Crippen molar-refractivity contribution in [2.75, 3.05) is 32.7 Å². The number of carbonyl (C=O) groups is 12. The van der Waals surface area contributed by atoms with E-state index in [0.29, 0.717) is 56.4 Å². The molecule has 0 aliphatic carbocycles. The van der Waals surface area contributed by atoms with Gasteiger partial charge in [0.2, 0.25) is 65.0 Å². The number of primary amides is 6. The van der Waals surface area contributed by atoms with Crippen LogP contribution >= 0.6 is 7.82 Å². The molecule has 8 heterocycles. The number of ether oxygens (including phenoxy) is 1. The minimum atomic E-state index is -5.27. The Morgan fingerprint density at radius 3 is 1.86 bits per heavy atom. The molecule has 3 aromatic rings. The van der Waals surface area contributed by atoms with Crippen molar-refractivity contribution in [2.24, 2.45) is 94.7 Å². The van der Waals surface area contributed by atoms with E-state index in [1.807, 2.05) is 73.6 Å². The number of carboxylic acids is 1. The van der Waals surface area contributed by atoms with Crippen LogP contribution in [0.4, 0.5) is 0 Å². The highest BCUT2D eigenvalue weighted by Crippen LogP contribution is 2.63. The number of amides is 11. The fourth-order valence-electron chi connectivity index (χ4n) is 17.4. The lowest BCUT2D eigenvalue weighted by molar-refractivity contribution is -0.138. The number of aliphatic hydroxyl groups excluding tert-OH is 1. The van der Waals surface area contributed by atoms with Crippen molar-refractivity contribution >= 4 is 107 Å². The molecule has 39 nitrogen and oxygen atoms in total. The Kier molecular flexibility index (Phi) is 27.2. The summed E-state index contributed by atoms with van der Waals surface area (Å²) in [6, 6.07) is 2.60. The lowest BCUT2D eigenvalue weighted by atomic mass is 9.55. The van der Waals surface area contributed by atoms with Crippen LogP contribution in [0.5, 0.6) is 0 Å². The number of rotatable bonds is 38. The van der Waals surface area contributed by atoms with E-state index in [4.69, 9.17) is 68.3 Å². The van der Waals surface area contributed by atoms with Crippen molar-refractivity contribution < 1.29 is 91.0 Å². The molecule has 1 unspecified atom stereocenters. The number of hydrogen-bond donors (Lipinski definition) is 15. The summed E-state index contributed by atoms with van der Waals surface area (Å²) in [5.74, 6) is -11.7. The number of imidazole rings is 1. The molecule has 11 amide bonds. The average molecular weight is 1620 g/mol. The Morgan fingerprint density at radius 2 is 1.27 bits per heavy atom. The van der Waals surface area contributed by atoms with E-state index in [0.717, 1.165) is 11.1 Å². The third kappa shape index (κ3) is 19.7. The number of aliphatic hydroxyl groups is 1. The predicted octanol–water partition coefficient (Wildman–Crippen LogP) is -0.0554. The molecule has 2 fully saturated rings. The Hall–Kier alpha value is -10.5. The van der Waals surface area contributed by atoms with Crippen molar-refractivity contribution in [1.82, 2.24) is 56.4 Å². The number of hydrogen-bond acceptors (Lipinski definition) is 24. The maximum absolute atomic E-state index is 14.7. The minimum Gasteiger partial charge on any atom is -0.480 e. The highest BCUT2D eigenvalue weighted by molar-refractivity contribution is 7.47. The molecule has 15 atom stereocenters. The van der Waals surface area contributed by atoms with Crippen LogP contribution in [0.1, 0.15) is 162 Å². The number of nitrogens with zero attached hydrogens (tertiary/aromatic N) is 8. The van der Waals surface area contributed by atoms with E-state index in [1.165, 1.54) is 24.1 Å². The van der Waals surface area contributed by atoms with Crippen LogP contribution in [0.3, 0.4) is 0 Å². The van der Waals surface area contributed by atoms with Gasteiger partial charge in [-0.15, -0.1) is 5.10 Å². The molecule has 8 bridgehead atoms. The van der Waals surface area contributed by atoms with Crippen molar-refractivity contribution in [3.63, 3.8) is 0 Å². The van der Waals surface area contributed by atoms with Crippen LogP contribution < -0.4 is 66.3 Å². The van der Waals surface area contributed by atoms with Crippen LogP contribution in [0, 0.1) is 59.2 Å². The number of aliphatic imine (C=N–C) groups is 3. The van der Waals surface area contributed by atoms with Crippen LogP contribution in [-0.2, 0) is 88.8 Å². The van der Waals surface area contributed by atoms with Gasteiger partial charge in [-0.25, -0.2) is 14.2 Å². The summed E-state index contributed by atoms with van der Waals surface area (Å²) < 4.78 is 35.3. The van der Waals surface area contributed by atoms with Crippen molar-refractivity contribution in [1.29, 1.82) is 0 Å². The number of carbonyl (C=O) groups excluding carboxylic acids is 11. The molecular formula is C75H107N20O19P. The normalized spacial score (nSPS) is 28.0. The van der Waals surface area contributed by atoms with Gasteiger partial charge in [0.05, 0.1) is 66.9 Å². The number of aliphatic carboxylic acids is 1. The second-order valence-electron chi connectivity index (χ2n) is 32.3. The molecule has 1 aromatic carbocycles. The molecule has 2 saturated heterocycles.